The van der Waals surface area contributed by atoms with Crippen LogP contribution < -0.4 is 9.62 Å². The molecule has 3 aromatic carbocycles. The van der Waals surface area contributed by atoms with Crippen LogP contribution in [-0.2, 0) is 26.2 Å². The van der Waals surface area contributed by atoms with Crippen LogP contribution in [-0.4, -0.2) is 43.8 Å². The second kappa shape index (κ2) is 15.2. The van der Waals surface area contributed by atoms with Gasteiger partial charge in [0.1, 0.15) is 12.6 Å². The summed E-state index contributed by atoms with van der Waals surface area (Å²) in [5.41, 5.74) is 1.67. The molecule has 0 aliphatic heterocycles. The predicted octanol–water partition coefficient (Wildman–Crippen LogP) is 8.06. The third-order valence-electron chi connectivity index (χ3n) is 7.75. The van der Waals surface area contributed by atoms with Crippen molar-refractivity contribution in [2.24, 2.45) is 0 Å². The van der Waals surface area contributed by atoms with Gasteiger partial charge < -0.3 is 10.2 Å². The van der Waals surface area contributed by atoms with Gasteiger partial charge in [-0.2, -0.15) is 0 Å². The molecular weight excluding hydrogens is 664 g/mol. The van der Waals surface area contributed by atoms with Gasteiger partial charge in [0.05, 0.1) is 30.7 Å². The highest BCUT2D eigenvalue weighted by Crippen LogP contribution is 2.31. The number of carbonyl (C=O) groups is 2. The van der Waals surface area contributed by atoms with Crippen molar-refractivity contribution >= 4 is 73.9 Å². The molecule has 0 spiro atoms. The molecule has 1 aliphatic rings. The van der Waals surface area contributed by atoms with Crippen LogP contribution in [0, 0.1) is 6.92 Å². The van der Waals surface area contributed by atoms with Crippen molar-refractivity contribution in [3.8, 4) is 0 Å². The molecule has 1 unspecified atom stereocenters. The lowest BCUT2D eigenvalue weighted by atomic mass is 9.95. The summed E-state index contributed by atoms with van der Waals surface area (Å²) < 4.78 is 29.1. The second-order valence-corrected chi connectivity index (χ2v) is 14.5. The molecule has 1 N–H and O–H groups in total. The molecule has 0 heterocycles. The number of nitrogens with zero attached hydrogens (tertiary/aromatic N) is 2. The molecule has 1 fully saturated rings. The van der Waals surface area contributed by atoms with E-state index in [4.69, 9.17) is 46.4 Å². The number of hydrogen-bond acceptors (Lipinski definition) is 4. The van der Waals surface area contributed by atoms with E-state index in [0.29, 0.717) is 22.0 Å². The van der Waals surface area contributed by atoms with Gasteiger partial charge in [-0.3, -0.25) is 13.9 Å². The minimum Gasteiger partial charge on any atom is -0.352 e. The lowest BCUT2D eigenvalue weighted by Gasteiger charge is -2.34. The minimum atomic E-state index is -4.24. The fourth-order valence-electron chi connectivity index (χ4n) is 5.30. The van der Waals surface area contributed by atoms with Crippen molar-refractivity contribution in [3.05, 3.63) is 91.9 Å². The standard InChI is InChI=1S/C32H35Cl4N3O4S/c1-3-30(32(41)37-23-7-5-4-6-8-23)38(19-22-11-15-26(33)28(35)17-22)31(40)20-39(24-12-16-27(34)29(36)18-24)44(42,43)25-13-9-21(2)10-14-25/h9-18,23,30H,3-8,19-20H2,1-2H3,(H,37,41). The summed E-state index contributed by atoms with van der Waals surface area (Å²) in [7, 11) is -4.24. The van der Waals surface area contributed by atoms with Gasteiger partial charge in [0, 0.05) is 12.6 Å². The number of benzene rings is 3. The summed E-state index contributed by atoms with van der Waals surface area (Å²) >= 11 is 24.9. The van der Waals surface area contributed by atoms with Gasteiger partial charge in [0.15, 0.2) is 0 Å². The molecule has 12 heteroatoms. The molecule has 1 aliphatic carbocycles. The summed E-state index contributed by atoms with van der Waals surface area (Å²) in [6.07, 6.45) is 5.26. The Morgan fingerprint density at radius 2 is 1.48 bits per heavy atom. The zero-order valence-electron chi connectivity index (χ0n) is 24.5. The van der Waals surface area contributed by atoms with Crippen LogP contribution in [0.25, 0.3) is 0 Å². The van der Waals surface area contributed by atoms with Gasteiger partial charge in [-0.15, -0.1) is 0 Å². The maximum absolute atomic E-state index is 14.3. The maximum Gasteiger partial charge on any atom is 0.264 e. The number of carbonyl (C=O) groups excluding carboxylic acids is 2. The van der Waals surface area contributed by atoms with Crippen LogP contribution >= 0.6 is 46.4 Å². The molecule has 0 aromatic heterocycles. The largest absolute Gasteiger partial charge is 0.352 e. The van der Waals surface area contributed by atoms with E-state index in [1.54, 1.807) is 30.3 Å². The first-order valence-electron chi connectivity index (χ1n) is 14.5. The van der Waals surface area contributed by atoms with E-state index in [9.17, 15) is 18.0 Å². The number of anilines is 1. The van der Waals surface area contributed by atoms with Crippen molar-refractivity contribution < 1.29 is 18.0 Å². The summed E-state index contributed by atoms with van der Waals surface area (Å²) in [4.78, 5) is 29.4. The molecular formula is C32H35Cl4N3O4S. The lowest BCUT2D eigenvalue weighted by molar-refractivity contribution is -0.140. The number of aryl methyl sites for hydroxylation is 1. The molecule has 2 amide bonds. The Morgan fingerprint density at radius 1 is 0.864 bits per heavy atom. The molecule has 1 saturated carbocycles. The first kappa shape index (κ1) is 34.4. The van der Waals surface area contributed by atoms with E-state index in [2.05, 4.69) is 5.32 Å². The molecule has 7 nitrogen and oxygen atoms in total. The van der Waals surface area contributed by atoms with Crippen molar-refractivity contribution in [1.82, 2.24) is 10.2 Å². The fraction of sp³-hybridized carbons (Fsp3) is 0.375. The first-order valence-corrected chi connectivity index (χ1v) is 17.4. The Bertz CT molecular complexity index is 1600. The Labute approximate surface area is 279 Å². The fourth-order valence-corrected chi connectivity index (χ4v) is 7.32. The van der Waals surface area contributed by atoms with E-state index in [1.165, 1.54) is 35.2 Å². The van der Waals surface area contributed by atoms with E-state index in [0.717, 1.165) is 42.0 Å². The van der Waals surface area contributed by atoms with Crippen LogP contribution in [0.1, 0.15) is 56.6 Å². The number of halogens is 4. The minimum absolute atomic E-state index is 0.0000820. The van der Waals surface area contributed by atoms with Crippen molar-refractivity contribution in [2.45, 2.75) is 75.9 Å². The number of nitrogens with one attached hydrogen (secondary N) is 1. The predicted molar refractivity (Wildman–Crippen MR) is 178 cm³/mol. The number of amides is 2. The van der Waals surface area contributed by atoms with Gasteiger partial charge in [-0.05, 0) is 74.2 Å². The topological polar surface area (TPSA) is 86.8 Å². The van der Waals surface area contributed by atoms with Crippen molar-refractivity contribution in [2.75, 3.05) is 10.8 Å². The summed E-state index contributed by atoms with van der Waals surface area (Å²) in [6.45, 7) is 3.08. The van der Waals surface area contributed by atoms with Crippen molar-refractivity contribution in [1.29, 1.82) is 0 Å². The highest BCUT2D eigenvalue weighted by molar-refractivity contribution is 7.92. The Kier molecular flexibility index (Phi) is 11.9. The smallest absolute Gasteiger partial charge is 0.264 e. The number of rotatable bonds is 11. The van der Waals surface area contributed by atoms with Gasteiger partial charge in [0.2, 0.25) is 11.8 Å². The van der Waals surface area contributed by atoms with Crippen LogP contribution in [0.4, 0.5) is 5.69 Å². The zero-order valence-corrected chi connectivity index (χ0v) is 28.4. The Morgan fingerprint density at radius 3 is 2.07 bits per heavy atom. The highest BCUT2D eigenvalue weighted by Gasteiger charge is 2.34. The van der Waals surface area contributed by atoms with E-state index >= 15 is 0 Å². The Balaban J connectivity index is 1.74. The van der Waals surface area contributed by atoms with E-state index in [-0.39, 0.29) is 39.1 Å². The molecule has 4 rings (SSSR count). The monoisotopic (exact) mass is 697 g/mol. The summed E-state index contributed by atoms with van der Waals surface area (Å²) in [6, 6.07) is 14.8. The SMILES string of the molecule is CCC(C(=O)NC1CCCCC1)N(Cc1ccc(Cl)c(Cl)c1)C(=O)CN(c1ccc(Cl)c(Cl)c1)S(=O)(=O)c1ccc(C)cc1. The average Bonchev–Trinajstić information content (AvgIpc) is 2.99. The highest BCUT2D eigenvalue weighted by atomic mass is 35.5. The third-order valence-corrected chi connectivity index (χ3v) is 11.0. The van der Waals surface area contributed by atoms with Crippen molar-refractivity contribution in [3.63, 3.8) is 0 Å². The van der Waals surface area contributed by atoms with Gasteiger partial charge in [-0.25, -0.2) is 8.42 Å². The first-order chi connectivity index (χ1) is 20.9. The van der Waals surface area contributed by atoms with Crippen LogP contribution in [0.2, 0.25) is 20.1 Å². The maximum atomic E-state index is 14.3. The zero-order chi connectivity index (χ0) is 32.0. The van der Waals surface area contributed by atoms with E-state index in [1.807, 2.05) is 13.8 Å². The third kappa shape index (κ3) is 8.40. The molecule has 3 aromatic rings. The van der Waals surface area contributed by atoms with Gasteiger partial charge in [0.25, 0.3) is 10.0 Å². The number of sulfonamides is 1. The number of hydrogen-bond donors (Lipinski definition) is 1. The molecule has 0 bridgehead atoms. The van der Waals surface area contributed by atoms with E-state index < -0.39 is 28.5 Å². The molecule has 236 valence electrons. The van der Waals surface area contributed by atoms with Crippen LogP contribution in [0.5, 0.6) is 0 Å². The average molecular weight is 700 g/mol. The summed E-state index contributed by atoms with van der Waals surface area (Å²) in [5, 5.41) is 4.15. The molecule has 0 saturated heterocycles. The second-order valence-electron chi connectivity index (χ2n) is 11.0. The van der Waals surface area contributed by atoms with Crippen LogP contribution in [0.15, 0.2) is 65.6 Å². The molecule has 44 heavy (non-hydrogen) atoms. The quantitative estimate of drug-likeness (QED) is 0.220. The molecule has 0 radical (unpaired) electrons. The van der Waals surface area contributed by atoms with Gasteiger partial charge >= 0.3 is 0 Å². The normalized spacial score (nSPS) is 14.6. The van der Waals surface area contributed by atoms with Crippen LogP contribution in [0.3, 0.4) is 0 Å². The molecule has 1 atom stereocenters. The lowest BCUT2D eigenvalue weighted by Crippen LogP contribution is -2.54. The Hall–Kier alpha value is -2.49. The summed E-state index contributed by atoms with van der Waals surface area (Å²) in [5.74, 6) is -0.862. The van der Waals surface area contributed by atoms with Gasteiger partial charge in [-0.1, -0.05) is 96.4 Å².